The first-order valence-electron chi connectivity index (χ1n) is 4.80. The van der Waals surface area contributed by atoms with E-state index < -0.39 is 6.09 Å². The van der Waals surface area contributed by atoms with Gasteiger partial charge in [-0.05, 0) is 18.1 Å². The summed E-state index contributed by atoms with van der Waals surface area (Å²) in [5.74, 6) is 0.879. The first-order chi connectivity index (χ1) is 6.77. The van der Waals surface area contributed by atoms with E-state index in [9.17, 15) is 4.79 Å². The maximum Gasteiger partial charge on any atom is 0.451 e. The van der Waals surface area contributed by atoms with Crippen LogP contribution in [0.25, 0.3) is 0 Å². The van der Waals surface area contributed by atoms with Crippen LogP contribution in [-0.4, -0.2) is 31.4 Å². The van der Waals surface area contributed by atoms with Gasteiger partial charge < -0.3 is 5.11 Å². The molecule has 0 aromatic carbocycles. The van der Waals surface area contributed by atoms with Crippen molar-refractivity contribution in [2.75, 3.05) is 0 Å². The standard InChI is InChI=1S/C8H12N4O2/c13-8(14)12-10-7(9-11-12)6-4-2-1-3-5-6/h6H,1-5H2,(H,13,14). The number of carbonyl (C=O) groups is 1. The third-order valence-corrected chi connectivity index (χ3v) is 2.57. The molecule has 1 aliphatic rings. The minimum atomic E-state index is -1.18. The van der Waals surface area contributed by atoms with Crippen LogP contribution in [0.15, 0.2) is 0 Å². The summed E-state index contributed by atoms with van der Waals surface area (Å²) < 4.78 is 0. The number of carboxylic acid groups (broad SMARTS) is 1. The first kappa shape index (κ1) is 9.11. The van der Waals surface area contributed by atoms with Crippen molar-refractivity contribution in [2.45, 2.75) is 38.0 Å². The molecule has 1 fully saturated rings. The molecule has 1 aromatic rings. The average Bonchev–Trinajstić information content (AvgIpc) is 2.68. The van der Waals surface area contributed by atoms with Crippen molar-refractivity contribution in [1.29, 1.82) is 0 Å². The lowest BCUT2D eigenvalue weighted by molar-refractivity contribution is 0.187. The van der Waals surface area contributed by atoms with Gasteiger partial charge in [0.15, 0.2) is 5.82 Å². The van der Waals surface area contributed by atoms with Gasteiger partial charge >= 0.3 is 6.09 Å². The highest BCUT2D eigenvalue weighted by atomic mass is 16.4. The average molecular weight is 196 g/mol. The van der Waals surface area contributed by atoms with E-state index in [-0.39, 0.29) is 0 Å². The monoisotopic (exact) mass is 196 g/mol. The lowest BCUT2D eigenvalue weighted by Crippen LogP contribution is -2.12. The molecular formula is C8H12N4O2. The van der Waals surface area contributed by atoms with Crippen LogP contribution in [0.2, 0.25) is 0 Å². The van der Waals surface area contributed by atoms with Crippen LogP contribution in [0.3, 0.4) is 0 Å². The first-order valence-corrected chi connectivity index (χ1v) is 4.80. The van der Waals surface area contributed by atoms with Gasteiger partial charge in [-0.2, -0.15) is 0 Å². The van der Waals surface area contributed by atoms with E-state index >= 15 is 0 Å². The lowest BCUT2D eigenvalue weighted by atomic mass is 9.89. The van der Waals surface area contributed by atoms with Gasteiger partial charge in [-0.15, -0.1) is 10.2 Å². The summed E-state index contributed by atoms with van der Waals surface area (Å²) in [6.07, 6.45) is 4.51. The van der Waals surface area contributed by atoms with Crippen LogP contribution >= 0.6 is 0 Å². The van der Waals surface area contributed by atoms with E-state index in [2.05, 4.69) is 15.4 Å². The molecule has 0 aliphatic heterocycles. The quantitative estimate of drug-likeness (QED) is 0.730. The summed E-state index contributed by atoms with van der Waals surface area (Å²) in [7, 11) is 0. The largest absolute Gasteiger partial charge is 0.462 e. The molecule has 0 radical (unpaired) electrons. The second-order valence-corrected chi connectivity index (χ2v) is 3.55. The zero-order chi connectivity index (χ0) is 9.97. The SMILES string of the molecule is O=C(O)n1nnc(C2CCCCC2)n1. The maximum absolute atomic E-state index is 10.5. The number of rotatable bonds is 1. The van der Waals surface area contributed by atoms with E-state index in [1.54, 1.807) is 0 Å². The Hall–Kier alpha value is -1.46. The van der Waals surface area contributed by atoms with Crippen molar-refractivity contribution in [3.63, 3.8) is 0 Å². The molecule has 2 rings (SSSR count). The molecule has 1 aliphatic carbocycles. The Balaban J connectivity index is 2.11. The van der Waals surface area contributed by atoms with Crippen molar-refractivity contribution in [3.05, 3.63) is 5.82 Å². The molecule has 0 bridgehead atoms. The number of nitrogens with zero attached hydrogens (tertiary/aromatic N) is 4. The van der Waals surface area contributed by atoms with Crippen LogP contribution in [-0.2, 0) is 0 Å². The molecule has 0 amide bonds. The Labute approximate surface area is 80.9 Å². The Bertz CT molecular complexity index is 330. The predicted molar refractivity (Wildman–Crippen MR) is 47.1 cm³/mol. The zero-order valence-electron chi connectivity index (χ0n) is 7.76. The van der Waals surface area contributed by atoms with Crippen molar-refractivity contribution in [3.8, 4) is 0 Å². The number of tetrazole rings is 1. The Morgan fingerprint density at radius 3 is 2.64 bits per heavy atom. The van der Waals surface area contributed by atoms with Crippen LogP contribution in [0.5, 0.6) is 0 Å². The molecule has 6 heteroatoms. The van der Waals surface area contributed by atoms with E-state index in [4.69, 9.17) is 5.11 Å². The summed E-state index contributed by atoms with van der Waals surface area (Å²) in [5, 5.41) is 19.7. The highest BCUT2D eigenvalue weighted by molar-refractivity contribution is 5.64. The van der Waals surface area contributed by atoms with Gasteiger partial charge in [0.1, 0.15) is 0 Å². The third kappa shape index (κ3) is 1.73. The third-order valence-electron chi connectivity index (χ3n) is 2.57. The predicted octanol–water partition coefficient (Wildman–Crippen LogP) is 1.25. The molecular weight excluding hydrogens is 184 g/mol. The smallest absolute Gasteiger partial charge is 0.451 e. The minimum Gasteiger partial charge on any atom is -0.462 e. The number of aromatic nitrogens is 4. The van der Waals surface area contributed by atoms with Gasteiger partial charge in [0.25, 0.3) is 0 Å². The van der Waals surface area contributed by atoms with Gasteiger partial charge in [0, 0.05) is 5.92 Å². The fraction of sp³-hybridized carbons (Fsp3) is 0.750. The van der Waals surface area contributed by atoms with Crippen molar-refractivity contribution >= 4 is 6.09 Å². The van der Waals surface area contributed by atoms with Crippen LogP contribution in [0.4, 0.5) is 4.79 Å². The molecule has 14 heavy (non-hydrogen) atoms. The van der Waals surface area contributed by atoms with E-state index in [0.29, 0.717) is 16.5 Å². The van der Waals surface area contributed by atoms with Crippen molar-refractivity contribution in [2.24, 2.45) is 0 Å². The molecule has 1 heterocycles. The topological polar surface area (TPSA) is 80.9 Å². The molecule has 0 saturated heterocycles. The Morgan fingerprint density at radius 1 is 1.36 bits per heavy atom. The summed E-state index contributed by atoms with van der Waals surface area (Å²) >= 11 is 0. The van der Waals surface area contributed by atoms with Crippen LogP contribution < -0.4 is 0 Å². The normalized spacial score (nSPS) is 18.3. The molecule has 0 spiro atoms. The second kappa shape index (κ2) is 3.73. The van der Waals surface area contributed by atoms with Gasteiger partial charge in [0.2, 0.25) is 0 Å². The molecule has 6 nitrogen and oxygen atoms in total. The molecule has 0 atom stereocenters. The van der Waals surface area contributed by atoms with E-state index in [0.717, 1.165) is 12.8 Å². The van der Waals surface area contributed by atoms with Gasteiger partial charge in [-0.1, -0.05) is 24.1 Å². The van der Waals surface area contributed by atoms with Crippen LogP contribution in [0, 0.1) is 0 Å². The second-order valence-electron chi connectivity index (χ2n) is 3.55. The fourth-order valence-corrected chi connectivity index (χ4v) is 1.83. The molecule has 76 valence electrons. The van der Waals surface area contributed by atoms with Gasteiger partial charge in [-0.25, -0.2) is 4.79 Å². The van der Waals surface area contributed by atoms with Crippen LogP contribution in [0.1, 0.15) is 43.8 Å². The van der Waals surface area contributed by atoms with E-state index in [1.807, 2.05) is 0 Å². The van der Waals surface area contributed by atoms with Gasteiger partial charge in [-0.3, -0.25) is 0 Å². The van der Waals surface area contributed by atoms with E-state index in [1.165, 1.54) is 19.3 Å². The fourth-order valence-electron chi connectivity index (χ4n) is 1.83. The number of hydrogen-bond donors (Lipinski definition) is 1. The van der Waals surface area contributed by atoms with Crippen molar-refractivity contribution in [1.82, 2.24) is 20.2 Å². The van der Waals surface area contributed by atoms with Gasteiger partial charge in [0.05, 0.1) is 0 Å². The molecule has 1 saturated carbocycles. The summed E-state index contributed by atoms with van der Waals surface area (Å²) in [6, 6.07) is 0. The maximum atomic E-state index is 10.5. The molecule has 1 aromatic heterocycles. The molecule has 0 unspecified atom stereocenters. The number of hydrogen-bond acceptors (Lipinski definition) is 4. The Morgan fingerprint density at radius 2 is 2.07 bits per heavy atom. The highest BCUT2D eigenvalue weighted by Crippen LogP contribution is 2.29. The summed E-state index contributed by atoms with van der Waals surface area (Å²) in [4.78, 5) is 11.1. The summed E-state index contributed by atoms with van der Waals surface area (Å²) in [5.41, 5.74) is 0. The zero-order valence-corrected chi connectivity index (χ0v) is 7.76. The van der Waals surface area contributed by atoms with Crippen molar-refractivity contribution < 1.29 is 9.90 Å². The Kier molecular flexibility index (Phi) is 2.43. The minimum absolute atomic E-state index is 0.303. The summed E-state index contributed by atoms with van der Waals surface area (Å²) in [6.45, 7) is 0. The highest BCUT2D eigenvalue weighted by Gasteiger charge is 2.21. The molecule has 1 N–H and O–H groups in total. The lowest BCUT2D eigenvalue weighted by Gasteiger charge is -2.17.